The fourth-order valence-electron chi connectivity index (χ4n) is 5.37. The Morgan fingerprint density at radius 1 is 1.40 bits per heavy atom. The van der Waals surface area contributed by atoms with E-state index in [4.69, 9.17) is 14.2 Å². The minimum absolute atomic E-state index is 0.0147. The fraction of sp³-hybridized carbons (Fsp3) is 0.550. The van der Waals surface area contributed by atoms with E-state index >= 15 is 0 Å². The van der Waals surface area contributed by atoms with E-state index in [0.717, 1.165) is 17.1 Å². The number of allylic oxidation sites excluding steroid dienone is 1. The van der Waals surface area contributed by atoms with Crippen molar-refractivity contribution in [1.29, 1.82) is 0 Å². The molecule has 6 atom stereocenters. The molecule has 5 nitrogen and oxygen atoms in total. The number of hydrogen-bond donors (Lipinski definition) is 1. The van der Waals surface area contributed by atoms with Crippen molar-refractivity contribution in [2.24, 2.45) is 17.3 Å². The number of hydrogen-bond acceptors (Lipinski definition) is 5. The fourth-order valence-corrected chi connectivity index (χ4v) is 5.37. The minimum atomic E-state index is -0.599. The van der Waals surface area contributed by atoms with Crippen molar-refractivity contribution in [2.45, 2.75) is 37.9 Å². The molecule has 134 valence electrons. The molecule has 0 aromatic heterocycles. The van der Waals surface area contributed by atoms with Gasteiger partial charge in [0.15, 0.2) is 17.3 Å². The van der Waals surface area contributed by atoms with Crippen molar-refractivity contribution in [3.05, 3.63) is 36.4 Å². The smallest absolute Gasteiger partial charge is 0.231 e. The first-order valence-corrected chi connectivity index (χ1v) is 8.77. The molecule has 25 heavy (non-hydrogen) atoms. The van der Waals surface area contributed by atoms with E-state index in [1.54, 1.807) is 7.11 Å². The third-order valence-corrected chi connectivity index (χ3v) is 6.54. The van der Waals surface area contributed by atoms with Crippen LogP contribution in [-0.2, 0) is 9.53 Å². The number of fused-ring (bicyclic) bond motifs is 3. The maximum absolute atomic E-state index is 12.7. The van der Waals surface area contributed by atoms with Gasteiger partial charge < -0.3 is 19.3 Å². The molecule has 1 heterocycles. The molecular weight excluding hydrogens is 320 g/mol. The van der Waals surface area contributed by atoms with Gasteiger partial charge in [0.2, 0.25) is 6.79 Å². The molecule has 1 aliphatic heterocycles. The quantitative estimate of drug-likeness (QED) is 0.851. The number of aliphatic hydroxyl groups is 1. The summed E-state index contributed by atoms with van der Waals surface area (Å²) in [5.74, 6) is 1.41. The molecule has 2 bridgehead atoms. The van der Waals surface area contributed by atoms with Crippen molar-refractivity contribution in [3.63, 3.8) is 0 Å². The molecule has 1 aromatic rings. The Labute approximate surface area is 147 Å². The first-order chi connectivity index (χ1) is 12.0. The summed E-state index contributed by atoms with van der Waals surface area (Å²) in [5, 5.41) is 11.2. The lowest BCUT2D eigenvalue weighted by Gasteiger charge is -2.41. The van der Waals surface area contributed by atoms with Crippen LogP contribution in [0.4, 0.5) is 0 Å². The van der Waals surface area contributed by atoms with Gasteiger partial charge in [0, 0.05) is 24.9 Å². The predicted octanol–water partition coefficient (Wildman–Crippen LogP) is 2.68. The Balaban J connectivity index is 1.81. The van der Waals surface area contributed by atoms with Gasteiger partial charge in [0.1, 0.15) is 6.10 Å². The van der Waals surface area contributed by atoms with Gasteiger partial charge in [0.05, 0.1) is 6.10 Å². The second-order valence-electron chi connectivity index (χ2n) is 7.47. The van der Waals surface area contributed by atoms with Crippen molar-refractivity contribution < 1.29 is 24.1 Å². The number of rotatable bonds is 4. The molecule has 2 saturated carbocycles. The molecule has 2 aliphatic carbocycles. The summed E-state index contributed by atoms with van der Waals surface area (Å²) in [7, 11) is 1.55. The van der Waals surface area contributed by atoms with Gasteiger partial charge in [-0.05, 0) is 36.0 Å². The number of carbonyl (C=O) groups is 1. The summed E-state index contributed by atoms with van der Waals surface area (Å²) in [4.78, 5) is 12.7. The number of ether oxygens (including phenoxy) is 3. The van der Waals surface area contributed by atoms with Crippen LogP contribution in [0.1, 0.15) is 31.2 Å². The highest BCUT2D eigenvalue weighted by Gasteiger charge is 2.64. The van der Waals surface area contributed by atoms with E-state index in [1.807, 2.05) is 24.3 Å². The standard InChI is InChI=1S/C20H24O5/c1-4-7-20-9-13(21)18(23-3)17(19(20)22)16(11(20)2)12-5-6-14-15(8-12)25-10-24-14/h4-6,8,11,16-19,22H,1,7,9-10H2,2-3H3/t11-,16+,17-,18+,19?,20-/m1/s1. The van der Waals surface area contributed by atoms with Crippen LogP contribution < -0.4 is 9.47 Å². The number of methoxy groups -OCH3 is 1. The summed E-state index contributed by atoms with van der Waals surface area (Å²) in [6.07, 6.45) is 1.60. The normalized spacial score (nSPS) is 38.8. The maximum atomic E-state index is 12.7. The van der Waals surface area contributed by atoms with E-state index < -0.39 is 17.6 Å². The second-order valence-corrected chi connectivity index (χ2v) is 7.47. The Bertz CT molecular complexity index is 714. The summed E-state index contributed by atoms with van der Waals surface area (Å²) in [5.41, 5.74) is 0.586. The van der Waals surface area contributed by atoms with E-state index in [-0.39, 0.29) is 30.3 Å². The van der Waals surface area contributed by atoms with Crippen LogP contribution in [0.5, 0.6) is 11.5 Å². The van der Waals surface area contributed by atoms with E-state index in [0.29, 0.717) is 12.8 Å². The molecule has 0 radical (unpaired) electrons. The summed E-state index contributed by atoms with van der Waals surface area (Å²) in [6.45, 7) is 6.21. The SMILES string of the molecule is C=CC[C@]12CC(=O)[C@H](OC)[C@H](C1O)[C@H](c1ccc3c(c1)OCO3)[C@H]2C. The van der Waals surface area contributed by atoms with E-state index in [1.165, 1.54) is 0 Å². The van der Waals surface area contributed by atoms with Crippen LogP contribution >= 0.6 is 0 Å². The van der Waals surface area contributed by atoms with Crippen LogP contribution in [0.2, 0.25) is 0 Å². The van der Waals surface area contributed by atoms with Crippen LogP contribution in [-0.4, -0.2) is 37.0 Å². The van der Waals surface area contributed by atoms with Crippen LogP contribution in [0.25, 0.3) is 0 Å². The summed E-state index contributed by atoms with van der Waals surface area (Å²) >= 11 is 0. The highest BCUT2D eigenvalue weighted by molar-refractivity contribution is 5.86. The molecule has 0 amide bonds. The molecule has 0 spiro atoms. The first kappa shape index (κ1) is 16.6. The number of Topliss-reactive ketones (excluding diaryl/α,β-unsaturated/α-hetero) is 1. The van der Waals surface area contributed by atoms with Crippen molar-refractivity contribution >= 4 is 5.78 Å². The van der Waals surface area contributed by atoms with Crippen LogP contribution in [0.15, 0.2) is 30.9 Å². The lowest BCUT2D eigenvalue weighted by Crippen LogP contribution is -2.50. The summed E-state index contributed by atoms with van der Waals surface area (Å²) < 4.78 is 16.5. The molecule has 3 aliphatic rings. The van der Waals surface area contributed by atoms with Crippen molar-refractivity contribution in [1.82, 2.24) is 0 Å². The molecule has 5 heteroatoms. The third kappa shape index (κ3) is 2.19. The van der Waals surface area contributed by atoms with Crippen molar-refractivity contribution in [3.8, 4) is 11.5 Å². The molecule has 2 fully saturated rings. The second kappa shape index (κ2) is 5.85. The lowest BCUT2D eigenvalue weighted by atomic mass is 9.66. The zero-order valence-corrected chi connectivity index (χ0v) is 14.6. The first-order valence-electron chi connectivity index (χ1n) is 8.77. The topological polar surface area (TPSA) is 65.0 Å². The van der Waals surface area contributed by atoms with Gasteiger partial charge in [-0.3, -0.25) is 4.79 Å². The average Bonchev–Trinajstić information content (AvgIpc) is 3.11. The Morgan fingerprint density at radius 2 is 2.16 bits per heavy atom. The lowest BCUT2D eigenvalue weighted by molar-refractivity contribution is -0.149. The Morgan fingerprint density at radius 3 is 2.88 bits per heavy atom. The number of carbonyl (C=O) groups excluding carboxylic acids is 1. The number of benzene rings is 1. The minimum Gasteiger partial charge on any atom is -0.454 e. The van der Waals surface area contributed by atoms with Crippen molar-refractivity contribution in [2.75, 3.05) is 13.9 Å². The number of aliphatic hydroxyl groups excluding tert-OH is 1. The van der Waals surface area contributed by atoms with Gasteiger partial charge in [0.25, 0.3) is 0 Å². The Hall–Kier alpha value is -1.85. The molecular formula is C20H24O5. The highest BCUT2D eigenvalue weighted by atomic mass is 16.7. The molecule has 4 rings (SSSR count). The Kier molecular flexibility index (Phi) is 3.89. The maximum Gasteiger partial charge on any atom is 0.231 e. The number of ketones is 1. The van der Waals surface area contributed by atoms with Gasteiger partial charge in [-0.1, -0.05) is 19.1 Å². The highest BCUT2D eigenvalue weighted by Crippen LogP contribution is 2.62. The van der Waals surface area contributed by atoms with Gasteiger partial charge in [-0.25, -0.2) is 0 Å². The molecule has 0 saturated heterocycles. The third-order valence-electron chi connectivity index (χ3n) is 6.54. The predicted molar refractivity (Wildman–Crippen MR) is 91.6 cm³/mol. The zero-order chi connectivity index (χ0) is 17.8. The van der Waals surface area contributed by atoms with Gasteiger partial charge >= 0.3 is 0 Å². The van der Waals surface area contributed by atoms with Gasteiger partial charge in [-0.2, -0.15) is 0 Å². The largest absolute Gasteiger partial charge is 0.454 e. The summed E-state index contributed by atoms with van der Waals surface area (Å²) in [6, 6.07) is 5.90. The molecule has 1 N–H and O–H groups in total. The van der Waals surface area contributed by atoms with Crippen LogP contribution in [0, 0.1) is 17.3 Å². The molecule has 1 aromatic carbocycles. The molecule has 1 unspecified atom stereocenters. The monoisotopic (exact) mass is 344 g/mol. The van der Waals surface area contributed by atoms with E-state index in [9.17, 15) is 9.90 Å². The average molecular weight is 344 g/mol. The van der Waals surface area contributed by atoms with E-state index in [2.05, 4.69) is 13.5 Å². The zero-order valence-electron chi connectivity index (χ0n) is 14.6. The van der Waals surface area contributed by atoms with Crippen LogP contribution in [0.3, 0.4) is 0 Å². The van der Waals surface area contributed by atoms with Gasteiger partial charge in [-0.15, -0.1) is 6.58 Å².